The van der Waals surface area contributed by atoms with Gasteiger partial charge < -0.3 is 15.4 Å². The Bertz CT molecular complexity index is 507. The van der Waals surface area contributed by atoms with E-state index in [4.69, 9.17) is 22.1 Å². The van der Waals surface area contributed by atoms with E-state index in [0.29, 0.717) is 23.7 Å². The normalized spacial score (nSPS) is 22.1. The molecule has 0 bridgehead atoms. The fourth-order valence-electron chi connectivity index (χ4n) is 2.56. The summed E-state index contributed by atoms with van der Waals surface area (Å²) in [5.41, 5.74) is 6.65. The van der Waals surface area contributed by atoms with Gasteiger partial charge in [-0.05, 0) is 36.6 Å². The van der Waals surface area contributed by atoms with Crippen LogP contribution in [-0.4, -0.2) is 37.6 Å². The molecule has 1 atom stereocenters. The molecule has 20 heavy (non-hydrogen) atoms. The maximum absolute atomic E-state index is 12.4. The summed E-state index contributed by atoms with van der Waals surface area (Å²) in [7, 11) is 1.60. The van der Waals surface area contributed by atoms with E-state index >= 15 is 0 Å². The zero-order chi connectivity index (χ0) is 14.8. The fraction of sp³-hybridized carbons (Fsp3) is 0.533. The number of carbonyl (C=O) groups excluding carboxylic acids is 1. The third-order valence-corrected chi connectivity index (χ3v) is 4.22. The van der Waals surface area contributed by atoms with E-state index in [9.17, 15) is 4.79 Å². The maximum atomic E-state index is 12.4. The highest BCUT2D eigenvalue weighted by molar-refractivity contribution is 6.30. The van der Waals surface area contributed by atoms with Crippen LogP contribution in [0.25, 0.3) is 0 Å². The summed E-state index contributed by atoms with van der Waals surface area (Å²) < 4.78 is 5.28. The topological polar surface area (TPSA) is 55.6 Å². The smallest absolute Gasteiger partial charge is 0.227 e. The highest BCUT2D eigenvalue weighted by atomic mass is 35.5. The molecule has 0 saturated carbocycles. The van der Waals surface area contributed by atoms with Crippen LogP contribution in [0.15, 0.2) is 18.2 Å². The minimum absolute atomic E-state index is 0.0497. The molecule has 4 nitrogen and oxygen atoms in total. The van der Waals surface area contributed by atoms with Gasteiger partial charge in [0.05, 0.1) is 13.5 Å². The summed E-state index contributed by atoms with van der Waals surface area (Å²) in [6, 6.07) is 5.34. The van der Waals surface area contributed by atoms with Gasteiger partial charge >= 0.3 is 0 Å². The lowest BCUT2D eigenvalue weighted by atomic mass is 9.90. The predicted molar refractivity (Wildman–Crippen MR) is 80.1 cm³/mol. The van der Waals surface area contributed by atoms with Crippen molar-refractivity contribution >= 4 is 17.5 Å². The van der Waals surface area contributed by atoms with Gasteiger partial charge in [0.25, 0.3) is 0 Å². The molecule has 1 aliphatic heterocycles. The van der Waals surface area contributed by atoms with Crippen molar-refractivity contribution in [2.24, 2.45) is 11.1 Å². The number of halogens is 1. The van der Waals surface area contributed by atoms with Gasteiger partial charge in [0.1, 0.15) is 5.75 Å². The van der Waals surface area contributed by atoms with Gasteiger partial charge in [0.2, 0.25) is 5.91 Å². The van der Waals surface area contributed by atoms with Crippen LogP contribution >= 0.6 is 11.6 Å². The third-order valence-electron chi connectivity index (χ3n) is 3.99. The Morgan fingerprint density at radius 3 is 2.90 bits per heavy atom. The number of hydrogen-bond donors (Lipinski definition) is 1. The second-order valence-electron chi connectivity index (χ2n) is 5.71. The van der Waals surface area contributed by atoms with Gasteiger partial charge in [0.15, 0.2) is 0 Å². The molecule has 2 N–H and O–H groups in total. The predicted octanol–water partition coefficient (Wildman–Crippen LogP) is 2.09. The van der Waals surface area contributed by atoms with E-state index in [1.54, 1.807) is 25.3 Å². The number of rotatable bonds is 4. The van der Waals surface area contributed by atoms with Crippen LogP contribution in [0.5, 0.6) is 5.75 Å². The molecular formula is C15H21ClN2O2. The molecule has 1 aromatic rings. The van der Waals surface area contributed by atoms with Crippen molar-refractivity contribution in [3.8, 4) is 5.75 Å². The second-order valence-corrected chi connectivity index (χ2v) is 6.15. The second kappa shape index (κ2) is 6.02. The van der Waals surface area contributed by atoms with Crippen molar-refractivity contribution in [2.45, 2.75) is 19.8 Å². The number of carbonyl (C=O) groups is 1. The first-order chi connectivity index (χ1) is 9.47. The summed E-state index contributed by atoms with van der Waals surface area (Å²) in [5.74, 6) is 0.797. The Balaban J connectivity index is 2.07. The minimum Gasteiger partial charge on any atom is -0.496 e. The molecule has 0 spiro atoms. The van der Waals surface area contributed by atoms with E-state index in [0.717, 1.165) is 25.1 Å². The summed E-state index contributed by atoms with van der Waals surface area (Å²) in [6.45, 7) is 4.23. The maximum Gasteiger partial charge on any atom is 0.227 e. The van der Waals surface area contributed by atoms with E-state index in [-0.39, 0.29) is 11.3 Å². The number of amides is 1. The highest BCUT2D eigenvalue weighted by Gasteiger charge is 2.34. The van der Waals surface area contributed by atoms with E-state index in [1.165, 1.54) is 0 Å². The Hall–Kier alpha value is -1.26. The monoisotopic (exact) mass is 296 g/mol. The van der Waals surface area contributed by atoms with Crippen LogP contribution in [0.2, 0.25) is 5.02 Å². The van der Waals surface area contributed by atoms with E-state index in [2.05, 4.69) is 6.92 Å². The first kappa shape index (κ1) is 15.1. The number of nitrogens with zero attached hydrogens (tertiary/aromatic N) is 1. The number of methoxy groups -OCH3 is 1. The van der Waals surface area contributed by atoms with Crippen LogP contribution in [-0.2, 0) is 11.2 Å². The van der Waals surface area contributed by atoms with Crippen LogP contribution in [0.4, 0.5) is 0 Å². The van der Waals surface area contributed by atoms with Gasteiger partial charge in [-0.2, -0.15) is 0 Å². The number of ether oxygens (including phenoxy) is 1. The fourth-order valence-corrected chi connectivity index (χ4v) is 2.76. The average molecular weight is 297 g/mol. The molecule has 5 heteroatoms. The first-order valence-corrected chi connectivity index (χ1v) is 7.15. The molecule has 1 aliphatic rings. The van der Waals surface area contributed by atoms with Crippen molar-refractivity contribution in [3.63, 3.8) is 0 Å². The Morgan fingerprint density at radius 1 is 1.55 bits per heavy atom. The van der Waals surface area contributed by atoms with Gasteiger partial charge in [-0.25, -0.2) is 0 Å². The molecule has 1 heterocycles. The van der Waals surface area contributed by atoms with Gasteiger partial charge in [-0.15, -0.1) is 0 Å². The summed E-state index contributed by atoms with van der Waals surface area (Å²) in [5, 5.41) is 0.613. The summed E-state index contributed by atoms with van der Waals surface area (Å²) in [4.78, 5) is 14.3. The van der Waals surface area contributed by atoms with Gasteiger partial charge in [0, 0.05) is 23.7 Å². The first-order valence-electron chi connectivity index (χ1n) is 6.78. The number of benzene rings is 1. The van der Waals surface area contributed by atoms with Crippen LogP contribution < -0.4 is 10.5 Å². The van der Waals surface area contributed by atoms with E-state index in [1.807, 2.05) is 4.90 Å². The standard InChI is InChI=1S/C15H21ClN2O2/c1-15(9-17)5-6-18(10-15)14(19)8-11-7-12(16)3-4-13(11)20-2/h3-4,7H,5-6,8-10,17H2,1-2H3. The van der Waals surface area contributed by atoms with Crippen molar-refractivity contribution in [3.05, 3.63) is 28.8 Å². The minimum atomic E-state index is 0.0497. The zero-order valence-electron chi connectivity index (χ0n) is 12.0. The quantitative estimate of drug-likeness (QED) is 0.925. The largest absolute Gasteiger partial charge is 0.496 e. The number of hydrogen-bond acceptors (Lipinski definition) is 3. The Labute approximate surface area is 124 Å². The Kier molecular flexibility index (Phi) is 4.55. The van der Waals surface area contributed by atoms with Crippen LogP contribution in [0, 0.1) is 5.41 Å². The molecule has 1 fully saturated rings. The number of nitrogens with two attached hydrogens (primary N) is 1. The van der Waals surface area contributed by atoms with Crippen molar-refractivity contribution < 1.29 is 9.53 Å². The van der Waals surface area contributed by atoms with Crippen molar-refractivity contribution in [2.75, 3.05) is 26.7 Å². The van der Waals surface area contributed by atoms with Crippen molar-refractivity contribution in [1.29, 1.82) is 0 Å². The van der Waals surface area contributed by atoms with Crippen molar-refractivity contribution in [1.82, 2.24) is 4.90 Å². The molecular weight excluding hydrogens is 276 g/mol. The van der Waals surface area contributed by atoms with Crippen LogP contribution in [0.3, 0.4) is 0 Å². The molecule has 2 rings (SSSR count). The number of likely N-dealkylation sites (tertiary alicyclic amines) is 1. The molecule has 0 radical (unpaired) electrons. The van der Waals surface area contributed by atoms with Gasteiger partial charge in [-0.1, -0.05) is 18.5 Å². The SMILES string of the molecule is COc1ccc(Cl)cc1CC(=O)N1CCC(C)(CN)C1. The molecule has 0 aromatic heterocycles. The molecule has 1 aromatic carbocycles. The average Bonchev–Trinajstić information content (AvgIpc) is 2.83. The molecule has 110 valence electrons. The molecule has 0 aliphatic carbocycles. The molecule has 1 saturated heterocycles. The third kappa shape index (κ3) is 3.25. The van der Waals surface area contributed by atoms with E-state index < -0.39 is 0 Å². The Morgan fingerprint density at radius 2 is 2.30 bits per heavy atom. The lowest BCUT2D eigenvalue weighted by Crippen LogP contribution is -2.35. The lowest BCUT2D eigenvalue weighted by molar-refractivity contribution is -0.129. The lowest BCUT2D eigenvalue weighted by Gasteiger charge is -2.22. The van der Waals surface area contributed by atoms with Gasteiger partial charge in [-0.3, -0.25) is 4.79 Å². The highest BCUT2D eigenvalue weighted by Crippen LogP contribution is 2.30. The molecule has 1 amide bonds. The summed E-state index contributed by atoms with van der Waals surface area (Å²) >= 11 is 5.99. The van der Waals surface area contributed by atoms with Crippen LogP contribution in [0.1, 0.15) is 18.9 Å². The summed E-state index contributed by atoms with van der Waals surface area (Å²) in [6.07, 6.45) is 1.27. The molecule has 1 unspecified atom stereocenters. The zero-order valence-corrected chi connectivity index (χ0v) is 12.7.